The average Bonchev–Trinajstić information content (AvgIpc) is 3.40. The van der Waals surface area contributed by atoms with Crippen LogP contribution in [0.2, 0.25) is 0 Å². The summed E-state index contributed by atoms with van der Waals surface area (Å²) in [6.45, 7) is 6.24. The first-order valence-electron chi connectivity index (χ1n) is 10.3. The minimum atomic E-state index is -2.99. The Kier molecular flexibility index (Phi) is 5.47. The first-order valence-corrected chi connectivity index (χ1v) is 12.1. The molecule has 1 aliphatic rings. The van der Waals surface area contributed by atoms with Crippen LogP contribution in [0.5, 0.6) is 0 Å². The van der Waals surface area contributed by atoms with E-state index in [1.165, 1.54) is 0 Å². The molecule has 4 rings (SSSR count). The van der Waals surface area contributed by atoms with E-state index in [1.54, 1.807) is 18.1 Å². The molecular formula is C22H27N5O3S. The van der Waals surface area contributed by atoms with Crippen molar-refractivity contribution in [3.63, 3.8) is 0 Å². The number of carbonyl (C=O) groups is 1. The van der Waals surface area contributed by atoms with Gasteiger partial charge in [-0.25, -0.2) is 13.1 Å². The van der Waals surface area contributed by atoms with E-state index in [0.29, 0.717) is 18.5 Å². The van der Waals surface area contributed by atoms with Crippen molar-refractivity contribution >= 4 is 15.7 Å². The number of aromatic nitrogens is 4. The van der Waals surface area contributed by atoms with Gasteiger partial charge in [0.15, 0.2) is 9.84 Å². The highest BCUT2D eigenvalue weighted by Gasteiger charge is 2.31. The van der Waals surface area contributed by atoms with Crippen LogP contribution in [0.1, 0.15) is 45.5 Å². The normalized spacial score (nSPS) is 17.7. The molecule has 1 saturated heterocycles. The molecule has 164 valence electrons. The van der Waals surface area contributed by atoms with E-state index in [4.69, 9.17) is 0 Å². The second-order valence-corrected chi connectivity index (χ2v) is 10.5. The maximum absolute atomic E-state index is 13.0. The standard InChI is InChI=1S/C22H27N5O3S/c1-15-9-11-23-26(15)19-7-5-18(6-8-19)22(28)25(4)13-21-16(2)24-27(17(21)3)20-10-12-31(29,30)14-20/h5-9,11,20H,10,12-14H2,1-4H3/t20-/m0/s1. The summed E-state index contributed by atoms with van der Waals surface area (Å²) >= 11 is 0. The summed E-state index contributed by atoms with van der Waals surface area (Å²) in [6.07, 6.45) is 2.33. The summed E-state index contributed by atoms with van der Waals surface area (Å²) in [5.41, 5.74) is 5.23. The summed E-state index contributed by atoms with van der Waals surface area (Å²) in [4.78, 5) is 14.6. The van der Waals surface area contributed by atoms with E-state index in [-0.39, 0.29) is 23.5 Å². The second kappa shape index (κ2) is 7.96. The van der Waals surface area contributed by atoms with Crippen molar-refractivity contribution in [1.29, 1.82) is 0 Å². The first kappa shape index (κ1) is 21.3. The van der Waals surface area contributed by atoms with Crippen molar-refractivity contribution in [3.8, 4) is 5.69 Å². The monoisotopic (exact) mass is 441 g/mol. The highest BCUT2D eigenvalue weighted by molar-refractivity contribution is 7.91. The van der Waals surface area contributed by atoms with Crippen LogP contribution >= 0.6 is 0 Å². The van der Waals surface area contributed by atoms with E-state index >= 15 is 0 Å². The highest BCUT2D eigenvalue weighted by atomic mass is 32.2. The number of nitrogens with zero attached hydrogens (tertiary/aromatic N) is 5. The number of rotatable bonds is 5. The van der Waals surface area contributed by atoms with E-state index in [2.05, 4.69) is 10.2 Å². The molecule has 1 aromatic carbocycles. The second-order valence-electron chi connectivity index (χ2n) is 8.24. The third kappa shape index (κ3) is 4.14. The van der Waals surface area contributed by atoms with Gasteiger partial charge in [0, 0.05) is 42.3 Å². The molecule has 0 saturated carbocycles. The fraction of sp³-hybridized carbons (Fsp3) is 0.409. The molecule has 9 heteroatoms. The minimum Gasteiger partial charge on any atom is -0.337 e. The molecule has 1 fully saturated rings. The molecular weight excluding hydrogens is 414 g/mol. The minimum absolute atomic E-state index is 0.0845. The topological polar surface area (TPSA) is 90.1 Å². The van der Waals surface area contributed by atoms with Crippen LogP contribution < -0.4 is 0 Å². The fourth-order valence-electron chi connectivity index (χ4n) is 4.16. The zero-order chi connectivity index (χ0) is 22.3. The number of benzene rings is 1. The SMILES string of the molecule is Cc1nn([C@H]2CCS(=O)(=O)C2)c(C)c1CN(C)C(=O)c1ccc(-n2nccc2C)cc1. The lowest BCUT2D eigenvalue weighted by molar-refractivity contribution is 0.0784. The largest absolute Gasteiger partial charge is 0.337 e. The molecule has 31 heavy (non-hydrogen) atoms. The number of hydrogen-bond acceptors (Lipinski definition) is 5. The maximum atomic E-state index is 13.0. The predicted molar refractivity (Wildman–Crippen MR) is 118 cm³/mol. The van der Waals surface area contributed by atoms with Gasteiger partial charge >= 0.3 is 0 Å². The molecule has 1 amide bonds. The van der Waals surface area contributed by atoms with Gasteiger partial charge in [0.1, 0.15) is 0 Å². The van der Waals surface area contributed by atoms with Crippen molar-refractivity contribution in [2.24, 2.45) is 0 Å². The van der Waals surface area contributed by atoms with Gasteiger partial charge in [-0.1, -0.05) is 0 Å². The lowest BCUT2D eigenvalue weighted by atomic mass is 10.1. The van der Waals surface area contributed by atoms with Crippen LogP contribution in [0.3, 0.4) is 0 Å². The Balaban J connectivity index is 1.50. The molecule has 0 radical (unpaired) electrons. The van der Waals surface area contributed by atoms with Gasteiger partial charge in [-0.05, 0) is 57.5 Å². The molecule has 3 heterocycles. The van der Waals surface area contributed by atoms with E-state index < -0.39 is 9.84 Å². The molecule has 1 atom stereocenters. The zero-order valence-corrected chi connectivity index (χ0v) is 19.1. The third-order valence-corrected chi connectivity index (χ3v) is 7.71. The Morgan fingerprint density at radius 3 is 2.45 bits per heavy atom. The molecule has 2 aromatic heterocycles. The van der Waals surface area contributed by atoms with E-state index in [1.807, 2.05) is 60.5 Å². The number of amides is 1. The van der Waals surface area contributed by atoms with Crippen LogP contribution in [0.15, 0.2) is 36.5 Å². The highest BCUT2D eigenvalue weighted by Crippen LogP contribution is 2.27. The smallest absolute Gasteiger partial charge is 0.253 e. The van der Waals surface area contributed by atoms with Crippen LogP contribution in [-0.4, -0.2) is 57.3 Å². The van der Waals surface area contributed by atoms with Gasteiger partial charge in [-0.3, -0.25) is 9.48 Å². The van der Waals surface area contributed by atoms with Gasteiger partial charge in [-0.2, -0.15) is 10.2 Å². The summed E-state index contributed by atoms with van der Waals surface area (Å²) in [6, 6.07) is 9.19. The maximum Gasteiger partial charge on any atom is 0.253 e. The molecule has 0 unspecified atom stereocenters. The Morgan fingerprint density at radius 2 is 1.87 bits per heavy atom. The number of aryl methyl sites for hydroxylation is 2. The lowest BCUT2D eigenvalue weighted by Gasteiger charge is -2.18. The number of hydrogen-bond donors (Lipinski definition) is 0. The summed E-state index contributed by atoms with van der Waals surface area (Å²) in [5, 5.41) is 8.88. The van der Waals surface area contributed by atoms with Gasteiger partial charge in [0.25, 0.3) is 5.91 Å². The van der Waals surface area contributed by atoms with Crippen LogP contribution in [-0.2, 0) is 16.4 Å². The van der Waals surface area contributed by atoms with Crippen LogP contribution in [0.25, 0.3) is 5.69 Å². The van der Waals surface area contributed by atoms with Gasteiger partial charge in [0.2, 0.25) is 0 Å². The predicted octanol–water partition coefficient (Wildman–Crippen LogP) is 2.63. The Hall–Kier alpha value is -2.94. The zero-order valence-electron chi connectivity index (χ0n) is 18.2. The summed E-state index contributed by atoms with van der Waals surface area (Å²) in [5.74, 6) is 0.252. The number of sulfone groups is 1. The molecule has 1 aliphatic heterocycles. The Labute approximate surface area is 182 Å². The Bertz CT molecular complexity index is 1220. The average molecular weight is 442 g/mol. The quantitative estimate of drug-likeness (QED) is 0.607. The van der Waals surface area contributed by atoms with Crippen LogP contribution in [0.4, 0.5) is 0 Å². The van der Waals surface area contributed by atoms with E-state index in [9.17, 15) is 13.2 Å². The van der Waals surface area contributed by atoms with Gasteiger partial charge < -0.3 is 4.90 Å². The van der Waals surface area contributed by atoms with Crippen molar-refractivity contribution in [1.82, 2.24) is 24.5 Å². The third-order valence-electron chi connectivity index (χ3n) is 5.96. The number of carbonyl (C=O) groups excluding carboxylic acids is 1. The lowest BCUT2D eigenvalue weighted by Crippen LogP contribution is -2.26. The van der Waals surface area contributed by atoms with Crippen molar-refractivity contribution in [2.45, 2.75) is 39.8 Å². The summed E-state index contributed by atoms with van der Waals surface area (Å²) < 4.78 is 27.4. The van der Waals surface area contributed by atoms with Gasteiger partial charge in [0.05, 0.1) is 28.9 Å². The first-order chi connectivity index (χ1) is 14.7. The van der Waals surface area contributed by atoms with E-state index in [0.717, 1.165) is 28.3 Å². The van der Waals surface area contributed by atoms with Crippen molar-refractivity contribution < 1.29 is 13.2 Å². The van der Waals surface area contributed by atoms with Crippen LogP contribution in [0, 0.1) is 20.8 Å². The molecule has 0 bridgehead atoms. The van der Waals surface area contributed by atoms with Crippen molar-refractivity contribution in [2.75, 3.05) is 18.6 Å². The fourth-order valence-corrected chi connectivity index (χ4v) is 5.86. The molecule has 8 nitrogen and oxygen atoms in total. The Morgan fingerprint density at radius 1 is 1.16 bits per heavy atom. The molecule has 0 N–H and O–H groups in total. The molecule has 0 spiro atoms. The molecule has 3 aromatic rings. The van der Waals surface area contributed by atoms with Crippen molar-refractivity contribution in [3.05, 3.63) is 64.7 Å². The molecule has 0 aliphatic carbocycles. The van der Waals surface area contributed by atoms with Gasteiger partial charge in [-0.15, -0.1) is 0 Å². The summed E-state index contributed by atoms with van der Waals surface area (Å²) in [7, 11) is -1.22.